The largest absolute Gasteiger partial charge is 0.478 e. The fourth-order valence-electron chi connectivity index (χ4n) is 1.36. The van der Waals surface area contributed by atoms with E-state index in [1.165, 1.54) is 5.56 Å². The quantitative estimate of drug-likeness (QED) is 0.780. The highest BCUT2D eigenvalue weighted by Gasteiger charge is 2.03. The first kappa shape index (κ1) is 12.0. The summed E-state index contributed by atoms with van der Waals surface area (Å²) < 4.78 is 5.42. The molecule has 1 aromatic rings. The maximum atomic E-state index is 5.42. The van der Waals surface area contributed by atoms with Gasteiger partial charge < -0.3 is 10.1 Å². The number of hydrogen-bond acceptors (Lipinski definition) is 3. The van der Waals surface area contributed by atoms with Crippen molar-refractivity contribution in [2.75, 3.05) is 13.2 Å². The Bertz CT molecular complexity index is 271. The second-order valence-corrected chi connectivity index (χ2v) is 3.56. The van der Waals surface area contributed by atoms with E-state index >= 15 is 0 Å². The lowest BCUT2D eigenvalue weighted by molar-refractivity contribution is 0.305. The third-order valence-electron chi connectivity index (χ3n) is 2.22. The number of nitrogens with one attached hydrogen (secondary N) is 1. The van der Waals surface area contributed by atoms with E-state index in [0.717, 1.165) is 19.6 Å². The van der Waals surface area contributed by atoms with Crippen molar-refractivity contribution in [1.82, 2.24) is 10.3 Å². The molecule has 0 saturated heterocycles. The monoisotopic (exact) mass is 208 g/mol. The summed E-state index contributed by atoms with van der Waals surface area (Å²) in [6, 6.07) is 4.34. The number of nitrogens with zero attached hydrogens (tertiary/aromatic N) is 1. The average molecular weight is 208 g/mol. The van der Waals surface area contributed by atoms with Crippen molar-refractivity contribution in [2.45, 2.75) is 33.2 Å². The number of rotatable bonds is 6. The molecule has 0 aliphatic carbocycles. The number of pyridine rings is 1. The molecule has 0 aliphatic heterocycles. The first-order valence-corrected chi connectivity index (χ1v) is 5.60. The Balaban J connectivity index is 2.55. The summed E-state index contributed by atoms with van der Waals surface area (Å²) in [6.45, 7) is 8.02. The number of aromatic nitrogens is 1. The SMILES string of the molecule is CCCOc1ccc(C(C)NCC)cn1. The predicted octanol–water partition coefficient (Wildman–Crippen LogP) is 2.54. The fraction of sp³-hybridized carbons (Fsp3) is 0.583. The summed E-state index contributed by atoms with van der Waals surface area (Å²) in [7, 11) is 0. The number of ether oxygens (including phenoxy) is 1. The van der Waals surface area contributed by atoms with Crippen LogP contribution in [0.5, 0.6) is 5.88 Å². The molecule has 0 bridgehead atoms. The van der Waals surface area contributed by atoms with Crippen LogP contribution >= 0.6 is 0 Å². The van der Waals surface area contributed by atoms with Crippen molar-refractivity contribution in [3.05, 3.63) is 23.9 Å². The molecule has 1 rings (SSSR count). The van der Waals surface area contributed by atoms with Crippen LogP contribution in [-0.2, 0) is 0 Å². The van der Waals surface area contributed by atoms with Gasteiger partial charge in [0.1, 0.15) is 0 Å². The molecular weight excluding hydrogens is 188 g/mol. The standard InChI is InChI=1S/C12H20N2O/c1-4-8-15-12-7-6-11(9-14-12)10(3)13-5-2/h6-7,9-10,13H,4-5,8H2,1-3H3. The van der Waals surface area contributed by atoms with Crippen molar-refractivity contribution in [3.63, 3.8) is 0 Å². The van der Waals surface area contributed by atoms with E-state index in [1.54, 1.807) is 0 Å². The first-order valence-electron chi connectivity index (χ1n) is 5.60. The summed E-state index contributed by atoms with van der Waals surface area (Å²) in [5, 5.41) is 3.34. The van der Waals surface area contributed by atoms with Crippen LogP contribution in [0, 0.1) is 0 Å². The van der Waals surface area contributed by atoms with Crippen LogP contribution in [0.4, 0.5) is 0 Å². The topological polar surface area (TPSA) is 34.1 Å². The lowest BCUT2D eigenvalue weighted by atomic mass is 10.1. The molecule has 1 aromatic heterocycles. The third-order valence-corrected chi connectivity index (χ3v) is 2.22. The molecule has 0 radical (unpaired) electrons. The predicted molar refractivity (Wildman–Crippen MR) is 62.1 cm³/mol. The van der Waals surface area contributed by atoms with Gasteiger partial charge in [0.15, 0.2) is 0 Å². The van der Waals surface area contributed by atoms with Gasteiger partial charge in [-0.3, -0.25) is 0 Å². The number of hydrogen-bond donors (Lipinski definition) is 1. The van der Waals surface area contributed by atoms with Gasteiger partial charge in [0, 0.05) is 18.3 Å². The van der Waals surface area contributed by atoms with Gasteiger partial charge in [-0.25, -0.2) is 4.98 Å². The van der Waals surface area contributed by atoms with Crippen LogP contribution < -0.4 is 10.1 Å². The van der Waals surface area contributed by atoms with Gasteiger partial charge in [-0.05, 0) is 25.5 Å². The highest BCUT2D eigenvalue weighted by molar-refractivity contribution is 5.20. The van der Waals surface area contributed by atoms with Crippen molar-refractivity contribution in [2.24, 2.45) is 0 Å². The summed E-state index contributed by atoms with van der Waals surface area (Å²) in [5.74, 6) is 0.712. The minimum absolute atomic E-state index is 0.350. The summed E-state index contributed by atoms with van der Waals surface area (Å²) in [4.78, 5) is 4.26. The lowest BCUT2D eigenvalue weighted by Crippen LogP contribution is -2.17. The van der Waals surface area contributed by atoms with Gasteiger partial charge in [-0.1, -0.05) is 19.9 Å². The van der Waals surface area contributed by atoms with Crippen molar-refractivity contribution in [3.8, 4) is 5.88 Å². The van der Waals surface area contributed by atoms with Crippen LogP contribution in [0.2, 0.25) is 0 Å². The summed E-state index contributed by atoms with van der Waals surface area (Å²) in [6.07, 6.45) is 2.88. The second-order valence-electron chi connectivity index (χ2n) is 3.56. The zero-order valence-corrected chi connectivity index (χ0v) is 9.79. The Labute approximate surface area is 91.9 Å². The zero-order chi connectivity index (χ0) is 11.1. The van der Waals surface area contributed by atoms with Crippen LogP contribution in [0.3, 0.4) is 0 Å². The van der Waals surface area contributed by atoms with Gasteiger partial charge in [0.2, 0.25) is 5.88 Å². The Morgan fingerprint density at radius 3 is 2.73 bits per heavy atom. The molecule has 0 fully saturated rings. The van der Waals surface area contributed by atoms with Crippen LogP contribution in [0.25, 0.3) is 0 Å². The van der Waals surface area contributed by atoms with Crippen molar-refractivity contribution >= 4 is 0 Å². The van der Waals surface area contributed by atoms with Crippen molar-refractivity contribution < 1.29 is 4.74 Å². The molecule has 1 unspecified atom stereocenters. The molecule has 1 heterocycles. The molecule has 0 amide bonds. The fourth-order valence-corrected chi connectivity index (χ4v) is 1.36. The minimum Gasteiger partial charge on any atom is -0.478 e. The Hall–Kier alpha value is -1.09. The van der Waals surface area contributed by atoms with Gasteiger partial charge >= 0.3 is 0 Å². The minimum atomic E-state index is 0.350. The molecule has 0 aromatic carbocycles. The smallest absolute Gasteiger partial charge is 0.213 e. The molecule has 3 heteroatoms. The lowest BCUT2D eigenvalue weighted by Gasteiger charge is -2.12. The molecule has 1 atom stereocenters. The highest BCUT2D eigenvalue weighted by atomic mass is 16.5. The molecule has 0 saturated carbocycles. The average Bonchev–Trinajstić information content (AvgIpc) is 2.27. The summed E-state index contributed by atoms with van der Waals surface area (Å²) in [5.41, 5.74) is 1.20. The van der Waals surface area contributed by atoms with Gasteiger partial charge in [-0.2, -0.15) is 0 Å². The Morgan fingerprint density at radius 1 is 1.40 bits per heavy atom. The van der Waals surface area contributed by atoms with E-state index in [4.69, 9.17) is 4.74 Å². The van der Waals surface area contributed by atoms with Crippen LogP contribution in [-0.4, -0.2) is 18.1 Å². The van der Waals surface area contributed by atoms with E-state index in [9.17, 15) is 0 Å². The van der Waals surface area contributed by atoms with E-state index in [1.807, 2.05) is 12.3 Å². The molecule has 1 N–H and O–H groups in total. The maximum Gasteiger partial charge on any atom is 0.213 e. The van der Waals surface area contributed by atoms with Gasteiger partial charge in [-0.15, -0.1) is 0 Å². The molecular formula is C12H20N2O. The van der Waals surface area contributed by atoms with Crippen LogP contribution in [0.15, 0.2) is 18.3 Å². The molecule has 0 aliphatic rings. The van der Waals surface area contributed by atoms with Gasteiger partial charge in [0.05, 0.1) is 6.61 Å². The second kappa shape index (κ2) is 6.40. The first-order chi connectivity index (χ1) is 7.27. The highest BCUT2D eigenvalue weighted by Crippen LogP contribution is 2.14. The molecule has 0 spiro atoms. The maximum absolute atomic E-state index is 5.42. The molecule has 15 heavy (non-hydrogen) atoms. The summed E-state index contributed by atoms with van der Waals surface area (Å²) >= 11 is 0. The Kier molecular flexibility index (Phi) is 5.12. The third kappa shape index (κ3) is 3.88. The van der Waals surface area contributed by atoms with Crippen LogP contribution in [0.1, 0.15) is 38.8 Å². The Morgan fingerprint density at radius 2 is 2.20 bits per heavy atom. The van der Waals surface area contributed by atoms with Gasteiger partial charge in [0.25, 0.3) is 0 Å². The molecule has 3 nitrogen and oxygen atoms in total. The van der Waals surface area contributed by atoms with Crippen molar-refractivity contribution in [1.29, 1.82) is 0 Å². The normalized spacial score (nSPS) is 12.5. The van der Waals surface area contributed by atoms with E-state index in [2.05, 4.69) is 37.1 Å². The molecule has 84 valence electrons. The van der Waals surface area contributed by atoms with E-state index in [-0.39, 0.29) is 0 Å². The van der Waals surface area contributed by atoms with E-state index < -0.39 is 0 Å². The van der Waals surface area contributed by atoms with E-state index in [0.29, 0.717) is 11.9 Å². The zero-order valence-electron chi connectivity index (χ0n) is 9.79.